The summed E-state index contributed by atoms with van der Waals surface area (Å²) in [5.74, 6) is 0.625. The lowest BCUT2D eigenvalue weighted by Gasteiger charge is -2.63. The van der Waals surface area contributed by atoms with Gasteiger partial charge in [-0.2, -0.15) is 0 Å². The fraction of sp³-hybridized carbons (Fsp3) is 0.478. The first kappa shape index (κ1) is 22.0. The molecule has 0 radical (unpaired) electrons. The number of nitrogens with one attached hydrogen (secondary N) is 1. The smallest absolute Gasteiger partial charge is 0.271 e. The van der Waals surface area contributed by atoms with Crippen molar-refractivity contribution >= 4 is 23.2 Å². The van der Waals surface area contributed by atoms with Crippen LogP contribution in [0.2, 0.25) is 5.02 Å². The second-order valence-corrected chi connectivity index (χ2v) is 9.66. The van der Waals surface area contributed by atoms with Gasteiger partial charge in [-0.15, -0.1) is 0 Å². The number of carbonyl (C=O) groups is 1. The van der Waals surface area contributed by atoms with Gasteiger partial charge in [0.05, 0.1) is 23.5 Å². The highest BCUT2D eigenvalue weighted by Gasteiger charge is 2.64. The molecule has 0 bridgehead atoms. The van der Waals surface area contributed by atoms with E-state index in [1.165, 1.54) is 6.20 Å². The summed E-state index contributed by atoms with van der Waals surface area (Å²) < 4.78 is 6.25. The lowest BCUT2D eigenvalue weighted by Crippen LogP contribution is -2.74. The van der Waals surface area contributed by atoms with Crippen LogP contribution in [0.5, 0.6) is 5.75 Å². The Balaban J connectivity index is 1.74. The maximum Gasteiger partial charge on any atom is 0.271 e. The third-order valence-corrected chi connectivity index (χ3v) is 6.21. The zero-order valence-corrected chi connectivity index (χ0v) is 18.9. The minimum atomic E-state index is -0.324. The molecule has 1 saturated carbocycles. The predicted molar refractivity (Wildman–Crippen MR) is 117 cm³/mol. The Bertz CT molecular complexity index is 977. The van der Waals surface area contributed by atoms with Crippen molar-refractivity contribution in [1.29, 1.82) is 0 Å². The highest BCUT2D eigenvalue weighted by Crippen LogP contribution is 2.55. The molecule has 158 valence electrons. The van der Waals surface area contributed by atoms with Gasteiger partial charge in [0.25, 0.3) is 5.91 Å². The number of halogens is 1. The van der Waals surface area contributed by atoms with Gasteiger partial charge in [0.2, 0.25) is 5.69 Å². The van der Waals surface area contributed by atoms with E-state index in [4.69, 9.17) is 22.9 Å². The lowest BCUT2D eigenvalue weighted by molar-refractivity contribution is -0.164. The molecule has 7 heteroatoms. The maximum atomic E-state index is 12.8. The van der Waals surface area contributed by atoms with Gasteiger partial charge < -0.3 is 10.1 Å². The van der Waals surface area contributed by atoms with E-state index in [2.05, 4.69) is 47.8 Å². The minimum absolute atomic E-state index is 0.118. The summed E-state index contributed by atoms with van der Waals surface area (Å²) in [6.07, 6.45) is 3.02. The van der Waals surface area contributed by atoms with Gasteiger partial charge in [-0.1, -0.05) is 59.2 Å². The van der Waals surface area contributed by atoms with E-state index in [1.54, 1.807) is 24.4 Å². The Morgan fingerprint density at radius 1 is 1.20 bits per heavy atom. The molecule has 1 heterocycles. The number of hydrogen-bond donors (Lipinski definition) is 1. The van der Waals surface area contributed by atoms with E-state index < -0.39 is 0 Å². The van der Waals surface area contributed by atoms with Gasteiger partial charge in [-0.05, 0) is 18.1 Å². The second kappa shape index (κ2) is 7.88. The first-order valence-electron chi connectivity index (χ1n) is 9.95. The van der Waals surface area contributed by atoms with Gasteiger partial charge in [0.15, 0.2) is 0 Å². The molecule has 0 aliphatic heterocycles. The maximum absolute atomic E-state index is 12.8. The number of rotatable bonds is 5. The summed E-state index contributed by atoms with van der Waals surface area (Å²) in [7, 11) is 0. The van der Waals surface area contributed by atoms with Crippen LogP contribution in [0, 0.1) is 17.4 Å². The fourth-order valence-electron chi connectivity index (χ4n) is 4.55. The molecule has 0 spiro atoms. The molecule has 0 unspecified atom stereocenters. The number of hydrogen-bond acceptors (Lipinski definition) is 4. The van der Waals surface area contributed by atoms with Crippen LogP contribution in [-0.2, 0) is 0 Å². The van der Waals surface area contributed by atoms with Crippen LogP contribution in [0.4, 0.5) is 5.69 Å². The van der Waals surface area contributed by atoms with Crippen LogP contribution < -0.4 is 10.1 Å². The standard InChI is InChI=1S/C23H27ClN4O2/c1-13(2)17-11-27-18(12-26-17)19(29)28-20-22(3,4)21(23(20,5)6)30-14-8-9-16(25-7)15(24)10-14/h8-13,20-21H,1-6H3,(H,28,29). The van der Waals surface area contributed by atoms with E-state index in [0.29, 0.717) is 22.2 Å². The van der Waals surface area contributed by atoms with E-state index in [9.17, 15) is 4.79 Å². The lowest BCUT2D eigenvalue weighted by atomic mass is 9.49. The summed E-state index contributed by atoms with van der Waals surface area (Å²) in [4.78, 5) is 24.8. The highest BCUT2D eigenvalue weighted by molar-refractivity contribution is 6.33. The van der Waals surface area contributed by atoms with Crippen LogP contribution in [0.1, 0.15) is 63.6 Å². The largest absolute Gasteiger partial charge is 0.489 e. The van der Waals surface area contributed by atoms with E-state index in [-0.39, 0.29) is 34.8 Å². The Hall–Kier alpha value is -2.65. The number of aromatic nitrogens is 2. The molecule has 6 nitrogen and oxygen atoms in total. The zero-order valence-electron chi connectivity index (χ0n) is 18.2. The SMILES string of the molecule is [C-]#[N+]c1ccc(OC2C(C)(C)C(NC(=O)c3cnc(C(C)C)cn3)C2(C)C)cc1Cl. The van der Waals surface area contributed by atoms with Gasteiger partial charge in [0, 0.05) is 23.1 Å². The number of benzene rings is 1. The number of ether oxygens (including phenoxy) is 1. The van der Waals surface area contributed by atoms with Crippen LogP contribution in [0.15, 0.2) is 30.6 Å². The first-order valence-corrected chi connectivity index (χ1v) is 10.3. The number of nitrogens with zero attached hydrogens (tertiary/aromatic N) is 3. The molecular weight excluding hydrogens is 400 g/mol. The van der Waals surface area contributed by atoms with Crippen molar-refractivity contribution in [1.82, 2.24) is 15.3 Å². The Kier molecular flexibility index (Phi) is 5.79. The fourth-order valence-corrected chi connectivity index (χ4v) is 4.76. The molecule has 1 aliphatic rings. The summed E-state index contributed by atoms with van der Waals surface area (Å²) in [5.41, 5.74) is 0.903. The highest BCUT2D eigenvalue weighted by atomic mass is 35.5. The predicted octanol–water partition coefficient (Wildman–Crippen LogP) is 5.42. The van der Waals surface area contributed by atoms with E-state index >= 15 is 0 Å². The van der Waals surface area contributed by atoms with Gasteiger partial charge in [0.1, 0.15) is 17.5 Å². The molecular formula is C23H27ClN4O2. The Labute approximate surface area is 182 Å². The van der Waals surface area contributed by atoms with Crippen molar-refractivity contribution in [2.45, 2.75) is 59.6 Å². The van der Waals surface area contributed by atoms with Crippen molar-refractivity contribution in [3.8, 4) is 5.75 Å². The molecule has 2 aromatic rings. The van der Waals surface area contributed by atoms with Crippen molar-refractivity contribution in [2.75, 3.05) is 0 Å². The second-order valence-electron chi connectivity index (χ2n) is 9.25. The average molecular weight is 427 g/mol. The summed E-state index contributed by atoms with van der Waals surface area (Å²) >= 11 is 6.15. The van der Waals surface area contributed by atoms with Gasteiger partial charge in [-0.3, -0.25) is 9.78 Å². The molecule has 1 N–H and O–H groups in total. The van der Waals surface area contributed by atoms with Crippen molar-refractivity contribution < 1.29 is 9.53 Å². The molecule has 1 fully saturated rings. The molecule has 30 heavy (non-hydrogen) atoms. The summed E-state index contributed by atoms with van der Waals surface area (Å²) in [6.45, 7) is 19.4. The molecule has 1 aromatic heterocycles. The Morgan fingerprint density at radius 3 is 2.37 bits per heavy atom. The quantitative estimate of drug-likeness (QED) is 0.648. The molecule has 1 amide bonds. The Morgan fingerprint density at radius 2 is 1.87 bits per heavy atom. The number of amides is 1. The molecule has 0 atom stereocenters. The molecule has 1 aliphatic carbocycles. The molecule has 1 aromatic carbocycles. The third-order valence-electron chi connectivity index (χ3n) is 5.90. The third kappa shape index (κ3) is 3.87. The normalized spacial score (nSPS) is 21.4. The minimum Gasteiger partial charge on any atom is -0.489 e. The first-order chi connectivity index (χ1) is 14.0. The average Bonchev–Trinajstić information content (AvgIpc) is 2.69. The van der Waals surface area contributed by atoms with Crippen molar-refractivity contribution in [3.05, 3.63) is 58.4 Å². The molecule has 3 rings (SSSR count). The van der Waals surface area contributed by atoms with Crippen molar-refractivity contribution in [2.24, 2.45) is 10.8 Å². The van der Waals surface area contributed by atoms with Crippen molar-refractivity contribution in [3.63, 3.8) is 0 Å². The topological polar surface area (TPSA) is 68.5 Å². The zero-order chi connectivity index (χ0) is 22.3. The summed E-state index contributed by atoms with van der Waals surface area (Å²) in [6, 6.07) is 4.96. The van der Waals surface area contributed by atoms with Crippen LogP contribution in [0.3, 0.4) is 0 Å². The number of carbonyl (C=O) groups excluding carboxylic acids is 1. The van der Waals surface area contributed by atoms with E-state index in [1.807, 2.05) is 13.8 Å². The molecule has 0 saturated heterocycles. The van der Waals surface area contributed by atoms with Gasteiger partial charge >= 0.3 is 0 Å². The van der Waals surface area contributed by atoms with Crippen LogP contribution in [0.25, 0.3) is 4.85 Å². The van der Waals surface area contributed by atoms with Crippen LogP contribution >= 0.6 is 11.6 Å². The van der Waals surface area contributed by atoms with E-state index in [0.717, 1.165) is 5.69 Å². The summed E-state index contributed by atoms with van der Waals surface area (Å²) in [5, 5.41) is 3.49. The monoisotopic (exact) mass is 426 g/mol. The van der Waals surface area contributed by atoms with Crippen LogP contribution in [-0.4, -0.2) is 28.0 Å². The van der Waals surface area contributed by atoms with Gasteiger partial charge in [-0.25, -0.2) is 9.83 Å².